The molecule has 2 N–H and O–H groups in total. The highest BCUT2D eigenvalue weighted by atomic mass is 16.5. The van der Waals surface area contributed by atoms with Crippen molar-refractivity contribution in [2.45, 2.75) is 39.7 Å². The van der Waals surface area contributed by atoms with Crippen molar-refractivity contribution < 1.29 is 4.52 Å². The maximum absolute atomic E-state index is 5.89. The molecule has 1 aromatic rings. The van der Waals surface area contributed by atoms with Gasteiger partial charge in [-0.3, -0.25) is 0 Å². The van der Waals surface area contributed by atoms with Crippen LogP contribution in [0, 0.1) is 12.8 Å². The highest BCUT2D eigenvalue weighted by molar-refractivity contribution is 4.87. The van der Waals surface area contributed by atoms with E-state index in [9.17, 15) is 0 Å². The zero-order valence-electron chi connectivity index (χ0n) is 8.45. The summed E-state index contributed by atoms with van der Waals surface area (Å²) >= 11 is 0. The van der Waals surface area contributed by atoms with Gasteiger partial charge in [-0.2, -0.15) is 4.98 Å². The molecular formula is C9H17N3O. The molecular weight excluding hydrogens is 166 g/mol. The van der Waals surface area contributed by atoms with Crippen LogP contribution in [0.1, 0.15) is 32.0 Å². The summed E-state index contributed by atoms with van der Waals surface area (Å²) in [7, 11) is 0. The predicted molar refractivity (Wildman–Crippen MR) is 50.2 cm³/mol. The maximum Gasteiger partial charge on any atom is 0.223 e. The SMILES string of the molecule is Cc1nc(C[C@@H](N)CC(C)C)no1. The molecule has 1 rings (SSSR count). The number of aromatic nitrogens is 2. The van der Waals surface area contributed by atoms with E-state index in [-0.39, 0.29) is 6.04 Å². The van der Waals surface area contributed by atoms with Gasteiger partial charge in [-0.15, -0.1) is 0 Å². The number of rotatable bonds is 4. The summed E-state index contributed by atoms with van der Waals surface area (Å²) in [5, 5.41) is 3.80. The van der Waals surface area contributed by atoms with Crippen molar-refractivity contribution in [1.82, 2.24) is 10.1 Å². The summed E-state index contributed by atoms with van der Waals surface area (Å²) in [6.07, 6.45) is 1.70. The molecule has 1 atom stereocenters. The molecule has 0 aliphatic carbocycles. The van der Waals surface area contributed by atoms with Crippen LogP contribution in [0.3, 0.4) is 0 Å². The average Bonchev–Trinajstić information content (AvgIpc) is 2.33. The lowest BCUT2D eigenvalue weighted by Crippen LogP contribution is -2.25. The Labute approximate surface area is 78.5 Å². The van der Waals surface area contributed by atoms with E-state index in [1.165, 1.54) is 0 Å². The molecule has 1 heterocycles. The molecule has 4 nitrogen and oxygen atoms in total. The topological polar surface area (TPSA) is 64.9 Å². The zero-order chi connectivity index (χ0) is 9.84. The second-order valence-electron chi connectivity index (χ2n) is 3.82. The van der Waals surface area contributed by atoms with E-state index < -0.39 is 0 Å². The highest BCUT2D eigenvalue weighted by Crippen LogP contribution is 2.06. The van der Waals surface area contributed by atoms with Gasteiger partial charge in [0.15, 0.2) is 5.82 Å². The van der Waals surface area contributed by atoms with Gasteiger partial charge in [-0.25, -0.2) is 0 Å². The van der Waals surface area contributed by atoms with Crippen molar-refractivity contribution in [2.75, 3.05) is 0 Å². The molecule has 0 bridgehead atoms. The quantitative estimate of drug-likeness (QED) is 0.764. The van der Waals surface area contributed by atoms with Crippen LogP contribution in [0.2, 0.25) is 0 Å². The van der Waals surface area contributed by atoms with Gasteiger partial charge >= 0.3 is 0 Å². The lowest BCUT2D eigenvalue weighted by atomic mass is 10.0. The highest BCUT2D eigenvalue weighted by Gasteiger charge is 2.10. The third-order valence-electron chi connectivity index (χ3n) is 1.79. The molecule has 1 aromatic heterocycles. The van der Waals surface area contributed by atoms with Gasteiger partial charge in [0.05, 0.1) is 0 Å². The minimum atomic E-state index is 0.136. The standard InChI is InChI=1S/C9H17N3O/c1-6(2)4-8(10)5-9-11-7(3)13-12-9/h6,8H,4-5,10H2,1-3H3/t8-/m0/s1. The van der Waals surface area contributed by atoms with Gasteiger partial charge in [0.2, 0.25) is 5.89 Å². The summed E-state index contributed by atoms with van der Waals surface area (Å²) in [5.41, 5.74) is 5.89. The lowest BCUT2D eigenvalue weighted by Gasteiger charge is -2.10. The summed E-state index contributed by atoms with van der Waals surface area (Å²) in [4.78, 5) is 4.10. The number of hydrogen-bond donors (Lipinski definition) is 1. The first-order valence-corrected chi connectivity index (χ1v) is 4.62. The monoisotopic (exact) mass is 183 g/mol. The Morgan fingerprint density at radius 3 is 2.62 bits per heavy atom. The molecule has 0 spiro atoms. The van der Waals surface area contributed by atoms with E-state index in [0.29, 0.717) is 24.1 Å². The number of nitrogens with zero attached hydrogens (tertiary/aromatic N) is 2. The smallest absolute Gasteiger partial charge is 0.223 e. The van der Waals surface area contributed by atoms with Crippen molar-refractivity contribution in [1.29, 1.82) is 0 Å². The Balaban J connectivity index is 2.40. The molecule has 4 heteroatoms. The van der Waals surface area contributed by atoms with Crippen molar-refractivity contribution in [3.8, 4) is 0 Å². The molecule has 0 aliphatic rings. The molecule has 0 fully saturated rings. The Morgan fingerprint density at radius 1 is 1.46 bits per heavy atom. The Kier molecular flexibility index (Phi) is 3.42. The molecule has 0 radical (unpaired) electrons. The van der Waals surface area contributed by atoms with E-state index in [1.807, 2.05) is 0 Å². The van der Waals surface area contributed by atoms with Crippen LogP contribution in [0.25, 0.3) is 0 Å². The largest absolute Gasteiger partial charge is 0.340 e. The first-order valence-electron chi connectivity index (χ1n) is 4.62. The van der Waals surface area contributed by atoms with Crippen LogP contribution in [0.5, 0.6) is 0 Å². The fourth-order valence-electron chi connectivity index (χ4n) is 1.35. The average molecular weight is 183 g/mol. The van der Waals surface area contributed by atoms with Crippen molar-refractivity contribution in [3.63, 3.8) is 0 Å². The van der Waals surface area contributed by atoms with Crippen molar-refractivity contribution >= 4 is 0 Å². The number of hydrogen-bond acceptors (Lipinski definition) is 4. The second kappa shape index (κ2) is 4.37. The lowest BCUT2D eigenvalue weighted by molar-refractivity contribution is 0.383. The Morgan fingerprint density at radius 2 is 2.15 bits per heavy atom. The van der Waals surface area contributed by atoms with Crippen LogP contribution in [0.4, 0.5) is 0 Å². The molecule has 13 heavy (non-hydrogen) atoms. The third kappa shape index (κ3) is 3.55. The minimum absolute atomic E-state index is 0.136. The Bertz CT molecular complexity index is 257. The van der Waals surface area contributed by atoms with Gasteiger partial charge in [0.25, 0.3) is 0 Å². The zero-order valence-corrected chi connectivity index (χ0v) is 8.45. The van der Waals surface area contributed by atoms with Gasteiger partial charge in [-0.05, 0) is 12.3 Å². The number of aryl methyl sites for hydroxylation is 1. The van der Waals surface area contributed by atoms with Crippen LogP contribution in [-0.4, -0.2) is 16.2 Å². The van der Waals surface area contributed by atoms with Gasteiger partial charge in [0, 0.05) is 19.4 Å². The maximum atomic E-state index is 5.89. The normalized spacial score (nSPS) is 13.6. The number of nitrogens with two attached hydrogens (primary N) is 1. The Hall–Kier alpha value is -0.900. The van der Waals surface area contributed by atoms with Gasteiger partial charge in [-0.1, -0.05) is 19.0 Å². The summed E-state index contributed by atoms with van der Waals surface area (Å²) in [6.45, 7) is 6.09. The fourth-order valence-corrected chi connectivity index (χ4v) is 1.35. The van der Waals surface area contributed by atoms with Crippen LogP contribution in [0.15, 0.2) is 4.52 Å². The van der Waals surface area contributed by atoms with Crippen LogP contribution < -0.4 is 5.73 Å². The predicted octanol–water partition coefficient (Wildman–Crippen LogP) is 1.29. The van der Waals surface area contributed by atoms with Crippen LogP contribution in [-0.2, 0) is 6.42 Å². The van der Waals surface area contributed by atoms with E-state index in [4.69, 9.17) is 10.3 Å². The third-order valence-corrected chi connectivity index (χ3v) is 1.79. The second-order valence-corrected chi connectivity index (χ2v) is 3.82. The molecule has 0 saturated carbocycles. The van der Waals surface area contributed by atoms with E-state index in [1.54, 1.807) is 6.92 Å². The first-order chi connectivity index (χ1) is 6.08. The van der Waals surface area contributed by atoms with Crippen LogP contribution >= 0.6 is 0 Å². The fraction of sp³-hybridized carbons (Fsp3) is 0.778. The summed E-state index contributed by atoms with van der Waals surface area (Å²) in [6, 6.07) is 0.136. The van der Waals surface area contributed by atoms with Crippen molar-refractivity contribution in [3.05, 3.63) is 11.7 Å². The van der Waals surface area contributed by atoms with Gasteiger partial charge in [0.1, 0.15) is 0 Å². The van der Waals surface area contributed by atoms with Gasteiger partial charge < -0.3 is 10.3 Å². The minimum Gasteiger partial charge on any atom is -0.340 e. The summed E-state index contributed by atoms with van der Waals surface area (Å²) in [5.74, 6) is 1.93. The molecule has 0 aromatic carbocycles. The first kappa shape index (κ1) is 10.2. The molecule has 0 saturated heterocycles. The molecule has 0 unspecified atom stereocenters. The summed E-state index contributed by atoms with van der Waals surface area (Å²) < 4.78 is 4.85. The van der Waals surface area contributed by atoms with Crippen molar-refractivity contribution in [2.24, 2.45) is 11.7 Å². The molecule has 0 amide bonds. The van der Waals surface area contributed by atoms with E-state index >= 15 is 0 Å². The van der Waals surface area contributed by atoms with E-state index in [2.05, 4.69) is 24.0 Å². The molecule has 0 aliphatic heterocycles. The van der Waals surface area contributed by atoms with E-state index in [0.717, 1.165) is 6.42 Å². The molecule has 74 valence electrons.